The fourth-order valence-corrected chi connectivity index (χ4v) is 5.05. The average Bonchev–Trinajstić information content (AvgIpc) is 3.59. The number of fused-ring (bicyclic) bond motifs is 1. The van der Waals surface area contributed by atoms with Crippen molar-refractivity contribution < 1.29 is 4.39 Å². The molecule has 140 valence electrons. The summed E-state index contributed by atoms with van der Waals surface area (Å²) in [7, 11) is 0. The molecule has 0 radical (unpaired) electrons. The summed E-state index contributed by atoms with van der Waals surface area (Å²) in [6.45, 7) is 0. The topological polar surface area (TPSA) is 103 Å². The zero-order valence-corrected chi connectivity index (χ0v) is 16.6. The van der Waals surface area contributed by atoms with Crippen LogP contribution in [0.2, 0.25) is 5.02 Å². The van der Waals surface area contributed by atoms with E-state index in [0.29, 0.717) is 15.7 Å². The van der Waals surface area contributed by atoms with Gasteiger partial charge in [0.25, 0.3) is 0 Å². The number of imidazole rings is 1. The first-order valence-corrected chi connectivity index (χ1v) is 10.5. The molecule has 1 N–H and O–H groups in total. The maximum atomic E-state index is 14.7. The highest BCUT2D eigenvalue weighted by Gasteiger charge is 2.48. The van der Waals surface area contributed by atoms with E-state index in [1.54, 1.807) is 16.8 Å². The van der Waals surface area contributed by atoms with E-state index >= 15 is 0 Å². The van der Waals surface area contributed by atoms with Crippen LogP contribution in [0.25, 0.3) is 16.3 Å². The van der Waals surface area contributed by atoms with Gasteiger partial charge in [-0.2, -0.15) is 10.5 Å². The van der Waals surface area contributed by atoms with E-state index in [9.17, 15) is 14.9 Å². The third kappa shape index (κ3) is 2.68. The van der Waals surface area contributed by atoms with E-state index in [-0.39, 0.29) is 15.6 Å². The molecule has 2 saturated carbocycles. The van der Waals surface area contributed by atoms with Crippen LogP contribution in [0.5, 0.6) is 0 Å². The molecule has 0 aromatic carbocycles. The van der Waals surface area contributed by atoms with E-state index in [1.807, 2.05) is 0 Å². The largest absolute Gasteiger partial charge is 0.295 e. The van der Waals surface area contributed by atoms with Crippen LogP contribution in [-0.4, -0.2) is 25.1 Å². The molecule has 0 aliphatic heterocycles. The van der Waals surface area contributed by atoms with Crippen LogP contribution in [0.15, 0.2) is 17.3 Å². The molecular weight excluding hydrogens is 421 g/mol. The van der Waals surface area contributed by atoms with Gasteiger partial charge in [0.2, 0.25) is 0 Å². The fraction of sp³-hybridized carbons (Fsp3) is 0.353. The minimum absolute atomic E-state index is 0.0970. The summed E-state index contributed by atoms with van der Waals surface area (Å²) in [5.41, 5.74) is -0.211. The highest BCUT2D eigenvalue weighted by atomic mass is 35.5. The van der Waals surface area contributed by atoms with E-state index in [2.05, 4.69) is 32.0 Å². The van der Waals surface area contributed by atoms with Crippen molar-refractivity contribution in [2.75, 3.05) is 0 Å². The van der Waals surface area contributed by atoms with Crippen LogP contribution >= 0.6 is 34.9 Å². The third-order valence-electron chi connectivity index (χ3n) is 4.99. The molecule has 7 nitrogen and oxygen atoms in total. The SMILES string of the molecule is N#CC1(NSc2cn3c(-c4nnc(C5(C#N)CC5)s4)cnc3c(Cl)c2F)CC1. The predicted molar refractivity (Wildman–Crippen MR) is 102 cm³/mol. The third-order valence-corrected chi connectivity index (χ3v) is 7.47. The Morgan fingerprint density at radius 2 is 2.04 bits per heavy atom. The summed E-state index contributed by atoms with van der Waals surface area (Å²) in [5, 5.41) is 28.1. The Balaban J connectivity index is 1.54. The Kier molecular flexibility index (Phi) is 3.90. The van der Waals surface area contributed by atoms with Crippen LogP contribution in [0.4, 0.5) is 4.39 Å². The van der Waals surface area contributed by atoms with Gasteiger partial charge in [0, 0.05) is 6.20 Å². The lowest BCUT2D eigenvalue weighted by atomic mass is 10.1. The first-order valence-electron chi connectivity index (χ1n) is 8.47. The highest BCUT2D eigenvalue weighted by Crippen LogP contribution is 2.49. The van der Waals surface area contributed by atoms with Crippen molar-refractivity contribution >= 4 is 40.5 Å². The number of halogens is 2. The lowest BCUT2D eigenvalue weighted by molar-refractivity contribution is 0.598. The lowest BCUT2D eigenvalue weighted by Gasteiger charge is -2.10. The van der Waals surface area contributed by atoms with Crippen molar-refractivity contribution in [1.82, 2.24) is 24.3 Å². The minimum atomic E-state index is -0.597. The molecule has 0 bridgehead atoms. The van der Waals surface area contributed by atoms with Gasteiger partial charge in [0.1, 0.15) is 26.7 Å². The number of hydrogen-bond acceptors (Lipinski definition) is 8. The van der Waals surface area contributed by atoms with Gasteiger partial charge in [-0.15, -0.1) is 10.2 Å². The molecular formula is C17H11ClFN7S2. The highest BCUT2D eigenvalue weighted by molar-refractivity contribution is 7.97. The van der Waals surface area contributed by atoms with Crippen molar-refractivity contribution in [2.45, 2.75) is 41.5 Å². The van der Waals surface area contributed by atoms with Crippen molar-refractivity contribution in [1.29, 1.82) is 10.5 Å². The molecule has 2 aliphatic rings. The molecule has 28 heavy (non-hydrogen) atoms. The first kappa shape index (κ1) is 17.8. The number of nitrogens with one attached hydrogen (secondary N) is 1. The van der Waals surface area contributed by atoms with Crippen LogP contribution < -0.4 is 4.72 Å². The summed E-state index contributed by atoms with van der Waals surface area (Å²) in [6.07, 6.45) is 6.20. The molecule has 3 aromatic heterocycles. The molecule has 3 heterocycles. The van der Waals surface area contributed by atoms with Crippen LogP contribution in [0, 0.1) is 28.5 Å². The van der Waals surface area contributed by atoms with Gasteiger partial charge in [0.05, 0.1) is 23.2 Å². The van der Waals surface area contributed by atoms with E-state index in [0.717, 1.165) is 37.6 Å². The van der Waals surface area contributed by atoms with E-state index in [4.69, 9.17) is 11.6 Å². The summed E-state index contributed by atoms with van der Waals surface area (Å²) in [4.78, 5) is 4.49. The van der Waals surface area contributed by atoms with Gasteiger partial charge in [0.15, 0.2) is 16.5 Å². The fourth-order valence-electron chi connectivity index (χ4n) is 2.80. The molecule has 0 spiro atoms. The molecule has 0 amide bonds. The average molecular weight is 432 g/mol. The summed E-state index contributed by atoms with van der Waals surface area (Å²) in [5.74, 6) is -0.586. The Morgan fingerprint density at radius 1 is 1.25 bits per heavy atom. The second-order valence-electron chi connectivity index (χ2n) is 6.96. The number of pyridine rings is 1. The van der Waals surface area contributed by atoms with Gasteiger partial charge in [-0.25, -0.2) is 14.1 Å². The molecule has 2 fully saturated rings. The predicted octanol–water partition coefficient (Wildman–Crippen LogP) is 3.85. The number of nitriles is 2. The van der Waals surface area contributed by atoms with Crippen LogP contribution in [0.3, 0.4) is 0 Å². The van der Waals surface area contributed by atoms with Crippen molar-refractivity contribution in [3.05, 3.63) is 28.2 Å². The number of rotatable bonds is 5. The van der Waals surface area contributed by atoms with Gasteiger partial charge < -0.3 is 0 Å². The second-order valence-corrected chi connectivity index (χ2v) is 9.17. The van der Waals surface area contributed by atoms with Crippen LogP contribution in [-0.2, 0) is 5.41 Å². The van der Waals surface area contributed by atoms with Crippen LogP contribution in [0.1, 0.15) is 30.7 Å². The van der Waals surface area contributed by atoms with Crippen molar-refractivity contribution in [3.63, 3.8) is 0 Å². The Morgan fingerprint density at radius 3 is 2.68 bits per heavy atom. The molecule has 3 aromatic rings. The van der Waals surface area contributed by atoms with E-state index in [1.165, 1.54) is 11.3 Å². The number of hydrogen-bond donors (Lipinski definition) is 1. The summed E-state index contributed by atoms with van der Waals surface area (Å²) >= 11 is 8.58. The zero-order valence-electron chi connectivity index (χ0n) is 14.2. The molecule has 0 saturated heterocycles. The number of aromatic nitrogens is 4. The summed E-state index contributed by atoms with van der Waals surface area (Å²) < 4.78 is 19.4. The Hall–Kier alpha value is -2.24. The second kappa shape index (κ2) is 6.13. The minimum Gasteiger partial charge on any atom is -0.295 e. The first-order chi connectivity index (χ1) is 13.5. The van der Waals surface area contributed by atoms with Gasteiger partial charge in [-0.3, -0.25) is 4.40 Å². The number of nitrogens with zero attached hydrogens (tertiary/aromatic N) is 6. The molecule has 5 rings (SSSR count). The molecule has 0 unspecified atom stereocenters. The monoisotopic (exact) mass is 431 g/mol. The Labute approximate surface area is 172 Å². The normalized spacial score (nSPS) is 18.6. The summed E-state index contributed by atoms with van der Waals surface area (Å²) in [6, 6.07) is 4.51. The Bertz CT molecular complexity index is 1200. The standard InChI is InChI=1S/C17H11ClFN7S2/c18-11-12(19)10(28-25-17(8-21)3-4-17)6-26-9(5-22-13(11)26)14-23-24-15(27-14)16(7-20)1-2-16/h5-6,25H,1-4H2. The van der Waals surface area contributed by atoms with E-state index < -0.39 is 16.8 Å². The maximum absolute atomic E-state index is 14.7. The molecule has 2 aliphatic carbocycles. The van der Waals surface area contributed by atoms with Crippen molar-refractivity contribution in [3.8, 4) is 22.8 Å². The van der Waals surface area contributed by atoms with Gasteiger partial charge in [-0.1, -0.05) is 22.9 Å². The van der Waals surface area contributed by atoms with Gasteiger partial charge in [-0.05, 0) is 37.6 Å². The molecule has 11 heteroatoms. The quantitative estimate of drug-likeness (QED) is 0.612. The maximum Gasteiger partial charge on any atom is 0.166 e. The van der Waals surface area contributed by atoms with Crippen molar-refractivity contribution in [2.24, 2.45) is 0 Å². The lowest BCUT2D eigenvalue weighted by Crippen LogP contribution is -2.22. The smallest absolute Gasteiger partial charge is 0.166 e. The van der Waals surface area contributed by atoms with Gasteiger partial charge >= 0.3 is 0 Å². The molecule has 0 atom stereocenters. The zero-order chi connectivity index (χ0) is 19.5.